The molecule has 0 atom stereocenters. The Bertz CT molecular complexity index is 548. The van der Waals surface area contributed by atoms with E-state index in [4.69, 9.17) is 0 Å². The molecule has 0 heterocycles. The van der Waals surface area contributed by atoms with Gasteiger partial charge in [-0.1, -0.05) is 60.2 Å². The van der Waals surface area contributed by atoms with Crippen molar-refractivity contribution in [3.05, 3.63) is 70.8 Å². The van der Waals surface area contributed by atoms with E-state index in [0.29, 0.717) is 0 Å². The summed E-state index contributed by atoms with van der Waals surface area (Å²) in [5.74, 6) is 0. The van der Waals surface area contributed by atoms with E-state index in [1.54, 1.807) is 0 Å². The van der Waals surface area contributed by atoms with E-state index >= 15 is 0 Å². The van der Waals surface area contributed by atoms with Gasteiger partial charge < -0.3 is 0 Å². The van der Waals surface area contributed by atoms with Crippen LogP contribution >= 0.6 is 0 Å². The van der Waals surface area contributed by atoms with Crippen LogP contribution in [0.4, 0.5) is 0 Å². The van der Waals surface area contributed by atoms with Gasteiger partial charge in [-0.05, 0) is 35.6 Å². The maximum absolute atomic E-state index is 2.31. The molecular formula is C16H14. The fraction of sp³-hybridized carbons (Fsp3) is 0.125. The number of benzene rings is 2. The smallest absolute Gasteiger partial charge is 0.00136 e. The molecular weight excluding hydrogens is 192 g/mol. The monoisotopic (exact) mass is 206 g/mol. The molecule has 0 amide bonds. The van der Waals surface area contributed by atoms with Crippen LogP contribution in [-0.2, 0) is 6.42 Å². The summed E-state index contributed by atoms with van der Waals surface area (Å²) in [7, 11) is 0. The van der Waals surface area contributed by atoms with Crippen LogP contribution in [0, 0.1) is 6.92 Å². The second-order valence-corrected chi connectivity index (χ2v) is 4.41. The summed E-state index contributed by atoms with van der Waals surface area (Å²) < 4.78 is 0. The second kappa shape index (κ2) is 3.64. The molecule has 3 rings (SSSR count). The summed E-state index contributed by atoms with van der Waals surface area (Å²) in [5.41, 5.74) is 6.96. The Balaban J connectivity index is 2.00. The lowest BCUT2D eigenvalue weighted by Gasteiger charge is -2.02. The number of allylic oxidation sites excluding steroid dienone is 1. The van der Waals surface area contributed by atoms with Gasteiger partial charge in [-0.15, -0.1) is 0 Å². The van der Waals surface area contributed by atoms with E-state index in [9.17, 15) is 0 Å². The SMILES string of the molecule is Cc1ccc2c(c1)CC(c1ccccc1)=C2. The predicted octanol–water partition coefficient (Wildman–Crippen LogP) is 4.09. The molecule has 0 heteroatoms. The maximum Gasteiger partial charge on any atom is -0.00136 e. The average Bonchev–Trinajstić information content (AvgIpc) is 2.73. The second-order valence-electron chi connectivity index (χ2n) is 4.41. The van der Waals surface area contributed by atoms with Crippen molar-refractivity contribution in [1.29, 1.82) is 0 Å². The Morgan fingerprint density at radius 2 is 1.75 bits per heavy atom. The van der Waals surface area contributed by atoms with Gasteiger partial charge in [0.15, 0.2) is 0 Å². The molecule has 16 heavy (non-hydrogen) atoms. The number of hydrogen-bond acceptors (Lipinski definition) is 0. The molecule has 0 saturated carbocycles. The molecule has 0 fully saturated rings. The van der Waals surface area contributed by atoms with Crippen molar-refractivity contribution in [2.24, 2.45) is 0 Å². The number of hydrogen-bond donors (Lipinski definition) is 0. The third-order valence-corrected chi connectivity index (χ3v) is 3.15. The summed E-state index contributed by atoms with van der Waals surface area (Å²) >= 11 is 0. The molecule has 2 aromatic carbocycles. The Morgan fingerprint density at radius 3 is 2.56 bits per heavy atom. The van der Waals surface area contributed by atoms with Crippen molar-refractivity contribution in [3.8, 4) is 0 Å². The van der Waals surface area contributed by atoms with Crippen molar-refractivity contribution < 1.29 is 0 Å². The van der Waals surface area contributed by atoms with E-state index in [-0.39, 0.29) is 0 Å². The zero-order valence-corrected chi connectivity index (χ0v) is 9.40. The number of fused-ring (bicyclic) bond motifs is 1. The van der Waals surface area contributed by atoms with Gasteiger partial charge in [0.25, 0.3) is 0 Å². The van der Waals surface area contributed by atoms with Crippen LogP contribution in [0.5, 0.6) is 0 Å². The van der Waals surface area contributed by atoms with Crippen molar-refractivity contribution in [2.75, 3.05) is 0 Å². The average molecular weight is 206 g/mol. The largest absolute Gasteiger partial charge is 0.0622 e. The normalized spacial score (nSPS) is 13.4. The summed E-state index contributed by atoms with van der Waals surface area (Å²) in [6.45, 7) is 2.15. The Hall–Kier alpha value is -1.82. The molecule has 1 aliphatic carbocycles. The first-order chi connectivity index (χ1) is 7.83. The van der Waals surface area contributed by atoms with E-state index < -0.39 is 0 Å². The highest BCUT2D eigenvalue weighted by Gasteiger charge is 2.13. The molecule has 0 N–H and O–H groups in total. The minimum atomic E-state index is 1.07. The molecule has 2 aromatic rings. The zero-order chi connectivity index (χ0) is 11.0. The van der Waals surface area contributed by atoms with Crippen LogP contribution in [0.25, 0.3) is 11.6 Å². The lowest BCUT2D eigenvalue weighted by atomic mass is 10.0. The van der Waals surface area contributed by atoms with Crippen molar-refractivity contribution in [1.82, 2.24) is 0 Å². The molecule has 1 aliphatic rings. The molecule has 78 valence electrons. The molecule has 0 unspecified atom stereocenters. The first-order valence-electron chi connectivity index (χ1n) is 5.68. The molecule has 0 saturated heterocycles. The molecule has 0 aromatic heterocycles. The van der Waals surface area contributed by atoms with Crippen LogP contribution < -0.4 is 0 Å². The summed E-state index contributed by atoms with van der Waals surface area (Å²) in [6, 6.07) is 17.3. The van der Waals surface area contributed by atoms with Crippen LogP contribution in [0.15, 0.2) is 48.5 Å². The Labute approximate surface area is 96.3 Å². The maximum atomic E-state index is 2.31. The fourth-order valence-corrected chi connectivity index (χ4v) is 2.31. The van der Waals surface area contributed by atoms with Gasteiger partial charge in [0.1, 0.15) is 0 Å². The quantitative estimate of drug-likeness (QED) is 0.659. The summed E-state index contributed by atoms with van der Waals surface area (Å²) in [6.07, 6.45) is 3.38. The van der Waals surface area contributed by atoms with Gasteiger partial charge >= 0.3 is 0 Å². The highest BCUT2D eigenvalue weighted by molar-refractivity contribution is 5.88. The van der Waals surface area contributed by atoms with Gasteiger partial charge in [0, 0.05) is 0 Å². The van der Waals surface area contributed by atoms with Gasteiger partial charge in [-0.3, -0.25) is 0 Å². The minimum Gasteiger partial charge on any atom is -0.0622 e. The fourth-order valence-electron chi connectivity index (χ4n) is 2.31. The molecule has 0 radical (unpaired) electrons. The van der Waals surface area contributed by atoms with Crippen LogP contribution in [0.3, 0.4) is 0 Å². The van der Waals surface area contributed by atoms with Gasteiger partial charge in [-0.2, -0.15) is 0 Å². The van der Waals surface area contributed by atoms with Crippen molar-refractivity contribution in [3.63, 3.8) is 0 Å². The lowest BCUT2D eigenvalue weighted by molar-refractivity contribution is 1.29. The van der Waals surface area contributed by atoms with E-state index in [0.717, 1.165) is 6.42 Å². The Kier molecular flexibility index (Phi) is 2.14. The van der Waals surface area contributed by atoms with Gasteiger partial charge in [0.05, 0.1) is 0 Å². The van der Waals surface area contributed by atoms with Crippen molar-refractivity contribution in [2.45, 2.75) is 13.3 Å². The molecule has 0 spiro atoms. The standard InChI is InChI=1S/C16H14/c1-12-7-8-14-10-16(11-15(14)9-12)13-5-3-2-4-6-13/h2-10H,11H2,1H3. The third-order valence-electron chi connectivity index (χ3n) is 3.15. The molecule has 0 nitrogen and oxygen atoms in total. The molecule has 0 bridgehead atoms. The van der Waals surface area contributed by atoms with E-state index in [2.05, 4.69) is 61.5 Å². The number of rotatable bonds is 1. The van der Waals surface area contributed by atoms with Crippen LogP contribution in [-0.4, -0.2) is 0 Å². The van der Waals surface area contributed by atoms with Crippen LogP contribution in [0.1, 0.15) is 22.3 Å². The zero-order valence-electron chi connectivity index (χ0n) is 9.40. The topological polar surface area (TPSA) is 0 Å². The number of aryl methyl sites for hydroxylation is 1. The first-order valence-corrected chi connectivity index (χ1v) is 5.68. The summed E-state index contributed by atoms with van der Waals surface area (Å²) in [4.78, 5) is 0. The predicted molar refractivity (Wildman–Crippen MR) is 69.2 cm³/mol. The first kappa shape index (κ1) is 9.41. The van der Waals surface area contributed by atoms with E-state index in [1.807, 2.05) is 0 Å². The Morgan fingerprint density at radius 1 is 0.938 bits per heavy atom. The van der Waals surface area contributed by atoms with E-state index in [1.165, 1.54) is 27.8 Å². The van der Waals surface area contributed by atoms with Crippen molar-refractivity contribution >= 4 is 11.6 Å². The lowest BCUT2D eigenvalue weighted by Crippen LogP contribution is -1.86. The summed E-state index contributed by atoms with van der Waals surface area (Å²) in [5, 5.41) is 0. The minimum absolute atomic E-state index is 1.07. The van der Waals surface area contributed by atoms with Gasteiger partial charge in [0.2, 0.25) is 0 Å². The van der Waals surface area contributed by atoms with Crippen LogP contribution in [0.2, 0.25) is 0 Å². The third kappa shape index (κ3) is 1.57. The van der Waals surface area contributed by atoms with Gasteiger partial charge in [-0.25, -0.2) is 0 Å². The molecule has 0 aliphatic heterocycles. The highest BCUT2D eigenvalue weighted by Crippen LogP contribution is 2.31. The highest BCUT2D eigenvalue weighted by atomic mass is 14.2.